The van der Waals surface area contributed by atoms with E-state index in [0.29, 0.717) is 11.4 Å². The smallest absolute Gasteiger partial charge is 0.405 e. The number of benzene rings is 1. The molecule has 4 heterocycles. The maximum atomic E-state index is 11.7. The average Bonchev–Trinajstić information content (AvgIpc) is 3.32. The SMILES string of the molecule is CC(Cc1cnc(-c2ccncc2)s1)(NC(=O)O)C1CCN(c2ccc3cc(Cl)ccc3n2)CC1. The van der Waals surface area contributed by atoms with Crippen LogP contribution >= 0.6 is 22.9 Å². The maximum Gasteiger partial charge on any atom is 0.405 e. The number of pyridine rings is 2. The Bertz CT molecular complexity index is 1340. The summed E-state index contributed by atoms with van der Waals surface area (Å²) in [6.45, 7) is 3.66. The normalized spacial score (nSPS) is 16.2. The fraction of sp³-hybridized carbons (Fsp3) is 0.308. The number of rotatable bonds is 6. The zero-order chi connectivity index (χ0) is 24.4. The molecule has 180 valence electrons. The summed E-state index contributed by atoms with van der Waals surface area (Å²) in [5, 5.41) is 15.1. The molecule has 1 aliphatic heterocycles. The highest BCUT2D eigenvalue weighted by molar-refractivity contribution is 7.15. The molecule has 0 aliphatic carbocycles. The lowest BCUT2D eigenvalue weighted by atomic mass is 9.76. The molecular formula is C26H26ClN5O2S. The van der Waals surface area contributed by atoms with Gasteiger partial charge in [-0.2, -0.15) is 0 Å². The second-order valence-corrected chi connectivity index (χ2v) is 10.7. The van der Waals surface area contributed by atoms with Crippen LogP contribution in [0, 0.1) is 5.92 Å². The average molecular weight is 508 g/mol. The lowest BCUT2D eigenvalue weighted by molar-refractivity contribution is 0.151. The molecule has 35 heavy (non-hydrogen) atoms. The van der Waals surface area contributed by atoms with Crippen LogP contribution < -0.4 is 10.2 Å². The van der Waals surface area contributed by atoms with Gasteiger partial charge in [-0.3, -0.25) is 4.98 Å². The van der Waals surface area contributed by atoms with Crippen molar-refractivity contribution in [1.29, 1.82) is 0 Å². The minimum atomic E-state index is -0.997. The van der Waals surface area contributed by atoms with Gasteiger partial charge < -0.3 is 15.3 Å². The number of aromatic nitrogens is 3. The number of fused-ring (bicyclic) bond motifs is 1. The second kappa shape index (κ2) is 9.79. The Morgan fingerprint density at radius 2 is 1.97 bits per heavy atom. The Kier molecular flexibility index (Phi) is 6.58. The first kappa shape index (κ1) is 23.5. The summed E-state index contributed by atoms with van der Waals surface area (Å²) >= 11 is 7.70. The fourth-order valence-electron chi connectivity index (χ4n) is 4.92. The molecule has 1 amide bonds. The summed E-state index contributed by atoms with van der Waals surface area (Å²) in [5.41, 5.74) is 1.34. The Morgan fingerprint density at radius 1 is 1.20 bits per heavy atom. The second-order valence-electron chi connectivity index (χ2n) is 9.16. The molecule has 0 spiro atoms. The number of amides is 1. The highest BCUT2D eigenvalue weighted by atomic mass is 35.5. The third kappa shape index (κ3) is 5.23. The van der Waals surface area contributed by atoms with E-state index < -0.39 is 11.6 Å². The van der Waals surface area contributed by atoms with Gasteiger partial charge in [0.2, 0.25) is 0 Å². The van der Waals surface area contributed by atoms with Gasteiger partial charge in [-0.1, -0.05) is 11.6 Å². The standard InChI is InChI=1S/C26H26ClN5O2S/c1-26(31-25(33)34,15-21-16-29-24(35-21)17-6-10-28-11-7-17)19-8-12-32(13-9-19)23-5-2-18-14-20(27)3-4-22(18)30-23/h2-7,10-11,14,16,19,31H,8-9,12-13,15H2,1H3,(H,33,34). The molecule has 5 rings (SSSR count). The lowest BCUT2D eigenvalue weighted by Crippen LogP contribution is -2.55. The molecule has 1 aliphatic rings. The van der Waals surface area contributed by atoms with Crippen LogP contribution in [0.4, 0.5) is 10.6 Å². The van der Waals surface area contributed by atoms with Gasteiger partial charge in [-0.15, -0.1) is 11.3 Å². The molecule has 1 saturated heterocycles. The van der Waals surface area contributed by atoms with Crippen molar-refractivity contribution >= 4 is 45.8 Å². The van der Waals surface area contributed by atoms with Crippen molar-refractivity contribution in [3.63, 3.8) is 0 Å². The zero-order valence-corrected chi connectivity index (χ0v) is 20.9. The van der Waals surface area contributed by atoms with Gasteiger partial charge in [0.15, 0.2) is 0 Å². The molecule has 3 aromatic heterocycles. The van der Waals surface area contributed by atoms with Crippen LogP contribution in [0.5, 0.6) is 0 Å². The molecule has 0 radical (unpaired) electrons. The molecule has 7 nitrogen and oxygen atoms in total. The first-order chi connectivity index (χ1) is 16.9. The van der Waals surface area contributed by atoms with E-state index >= 15 is 0 Å². The van der Waals surface area contributed by atoms with Crippen molar-refractivity contribution in [3.05, 3.63) is 71.0 Å². The number of carboxylic acid groups (broad SMARTS) is 1. The predicted octanol–water partition coefficient (Wildman–Crippen LogP) is 5.89. The molecule has 4 aromatic rings. The van der Waals surface area contributed by atoms with Crippen molar-refractivity contribution in [2.45, 2.75) is 31.7 Å². The highest BCUT2D eigenvalue weighted by Crippen LogP contribution is 2.35. The van der Waals surface area contributed by atoms with E-state index in [4.69, 9.17) is 16.6 Å². The Balaban J connectivity index is 1.30. The molecule has 2 N–H and O–H groups in total. The van der Waals surface area contributed by atoms with Crippen LogP contribution in [0.3, 0.4) is 0 Å². The van der Waals surface area contributed by atoms with Crippen molar-refractivity contribution < 1.29 is 9.90 Å². The molecular weight excluding hydrogens is 482 g/mol. The summed E-state index contributed by atoms with van der Waals surface area (Å²) in [6, 6.07) is 13.7. The van der Waals surface area contributed by atoms with Crippen LogP contribution in [0.25, 0.3) is 21.5 Å². The summed E-state index contributed by atoms with van der Waals surface area (Å²) in [7, 11) is 0. The third-order valence-corrected chi connectivity index (χ3v) is 8.05. The Labute approximate surface area is 212 Å². The van der Waals surface area contributed by atoms with Crippen LogP contribution in [-0.2, 0) is 6.42 Å². The van der Waals surface area contributed by atoms with Crippen molar-refractivity contribution in [2.24, 2.45) is 5.92 Å². The monoisotopic (exact) mass is 507 g/mol. The van der Waals surface area contributed by atoms with E-state index in [-0.39, 0.29) is 5.92 Å². The molecule has 0 saturated carbocycles. The minimum Gasteiger partial charge on any atom is -0.465 e. The number of carbonyl (C=O) groups is 1. The summed E-state index contributed by atoms with van der Waals surface area (Å²) in [6.07, 6.45) is 6.70. The van der Waals surface area contributed by atoms with Crippen molar-refractivity contribution in [3.8, 4) is 10.6 Å². The molecule has 1 aromatic carbocycles. The summed E-state index contributed by atoms with van der Waals surface area (Å²) < 4.78 is 0. The van der Waals surface area contributed by atoms with Crippen LogP contribution in [0.2, 0.25) is 5.02 Å². The van der Waals surface area contributed by atoms with E-state index in [0.717, 1.165) is 58.1 Å². The zero-order valence-electron chi connectivity index (χ0n) is 19.3. The van der Waals surface area contributed by atoms with E-state index in [9.17, 15) is 9.90 Å². The van der Waals surface area contributed by atoms with E-state index in [1.54, 1.807) is 23.7 Å². The number of halogens is 1. The third-order valence-electron chi connectivity index (χ3n) is 6.77. The number of anilines is 1. The number of thiazole rings is 1. The summed E-state index contributed by atoms with van der Waals surface area (Å²) in [5.74, 6) is 1.14. The van der Waals surface area contributed by atoms with E-state index in [1.807, 2.05) is 49.5 Å². The van der Waals surface area contributed by atoms with E-state index in [1.165, 1.54) is 0 Å². The van der Waals surface area contributed by atoms with Gasteiger partial charge in [-0.05, 0) is 68.1 Å². The summed E-state index contributed by atoms with van der Waals surface area (Å²) in [4.78, 5) is 28.5. The fourth-order valence-corrected chi connectivity index (χ4v) is 6.19. The van der Waals surface area contributed by atoms with Crippen LogP contribution in [0.15, 0.2) is 61.1 Å². The maximum absolute atomic E-state index is 11.7. The van der Waals surface area contributed by atoms with Gasteiger partial charge in [0.1, 0.15) is 10.8 Å². The number of hydrogen-bond acceptors (Lipinski definition) is 6. The first-order valence-corrected chi connectivity index (χ1v) is 12.8. The molecule has 1 atom stereocenters. The highest BCUT2D eigenvalue weighted by Gasteiger charge is 2.38. The topological polar surface area (TPSA) is 91.2 Å². The van der Waals surface area contributed by atoms with Gasteiger partial charge in [0.05, 0.1) is 5.52 Å². The van der Waals surface area contributed by atoms with Crippen LogP contribution in [-0.4, -0.2) is 44.8 Å². The first-order valence-electron chi connectivity index (χ1n) is 11.6. The minimum absolute atomic E-state index is 0.195. The van der Waals surface area contributed by atoms with Crippen molar-refractivity contribution in [2.75, 3.05) is 18.0 Å². The van der Waals surface area contributed by atoms with Gasteiger partial charge in [0, 0.05) is 64.5 Å². The Morgan fingerprint density at radius 3 is 2.71 bits per heavy atom. The molecule has 0 bridgehead atoms. The largest absolute Gasteiger partial charge is 0.465 e. The number of piperidine rings is 1. The molecule has 9 heteroatoms. The Hall–Kier alpha value is -3.23. The quantitative estimate of drug-likeness (QED) is 0.338. The van der Waals surface area contributed by atoms with Crippen LogP contribution in [0.1, 0.15) is 24.6 Å². The molecule has 1 unspecified atom stereocenters. The van der Waals surface area contributed by atoms with Gasteiger partial charge in [-0.25, -0.2) is 14.8 Å². The molecule has 1 fully saturated rings. The van der Waals surface area contributed by atoms with E-state index in [2.05, 4.69) is 26.3 Å². The number of nitrogens with one attached hydrogen (secondary N) is 1. The van der Waals surface area contributed by atoms with Crippen molar-refractivity contribution in [1.82, 2.24) is 20.3 Å². The number of nitrogens with zero attached hydrogens (tertiary/aromatic N) is 4. The number of hydrogen-bond donors (Lipinski definition) is 2. The van der Waals surface area contributed by atoms with Gasteiger partial charge >= 0.3 is 6.09 Å². The van der Waals surface area contributed by atoms with Gasteiger partial charge in [0.25, 0.3) is 0 Å². The lowest BCUT2D eigenvalue weighted by Gasteiger charge is -2.43. The predicted molar refractivity (Wildman–Crippen MR) is 140 cm³/mol.